The zero-order valence-electron chi connectivity index (χ0n) is 24.5. The number of cyclic esters (lactones) is 1. The van der Waals surface area contributed by atoms with E-state index in [1.165, 1.54) is 4.90 Å². The number of ether oxygens (including phenoxy) is 1. The summed E-state index contributed by atoms with van der Waals surface area (Å²) in [5.74, 6) is -0.170. The highest BCUT2D eigenvalue weighted by atomic mass is 32.1. The third kappa shape index (κ3) is 5.94. The van der Waals surface area contributed by atoms with E-state index < -0.39 is 6.09 Å². The van der Waals surface area contributed by atoms with Crippen LogP contribution in [-0.4, -0.2) is 100 Å². The molecule has 0 bridgehead atoms. The Balaban J connectivity index is 1.20. The van der Waals surface area contributed by atoms with Crippen LogP contribution in [0.5, 0.6) is 0 Å². The van der Waals surface area contributed by atoms with Gasteiger partial charge in [-0.15, -0.1) is 0 Å². The molecule has 1 N–H and O–H groups in total. The number of likely N-dealkylation sites (tertiary alicyclic amines) is 2. The van der Waals surface area contributed by atoms with Crippen LogP contribution in [0, 0.1) is 25.2 Å². The van der Waals surface area contributed by atoms with Crippen molar-refractivity contribution >= 4 is 29.2 Å². The second-order valence-electron chi connectivity index (χ2n) is 11.8. The number of pyridine rings is 1. The fraction of sp³-hybridized carbons (Fsp3) is 0.567. The molecule has 5 rings (SSSR count). The molecule has 3 fully saturated rings. The molecule has 0 radical (unpaired) electrons. The minimum Gasteiger partial charge on any atom is -0.448 e. The van der Waals surface area contributed by atoms with Gasteiger partial charge in [0.15, 0.2) is 6.07 Å². The highest BCUT2D eigenvalue weighted by Crippen LogP contribution is 2.33. The number of piperidine rings is 2. The van der Waals surface area contributed by atoms with Crippen molar-refractivity contribution in [1.29, 1.82) is 5.26 Å². The molecular formula is C30H39N6O5S+. The lowest BCUT2D eigenvalue weighted by Gasteiger charge is -2.50. The Morgan fingerprint density at radius 3 is 2.52 bits per heavy atom. The minimum absolute atomic E-state index is 0.0409. The average molecular weight is 596 g/mol. The Morgan fingerprint density at radius 2 is 1.93 bits per heavy atom. The van der Waals surface area contributed by atoms with Gasteiger partial charge in [-0.2, -0.15) is 16.6 Å². The number of amides is 3. The zero-order chi connectivity index (χ0) is 30.0. The second-order valence-corrected chi connectivity index (χ2v) is 12.6. The summed E-state index contributed by atoms with van der Waals surface area (Å²) in [5, 5.41) is 23.7. The number of hydrogen-bond donors (Lipinski definition) is 1. The van der Waals surface area contributed by atoms with E-state index in [0.717, 1.165) is 49.1 Å². The van der Waals surface area contributed by atoms with Gasteiger partial charge in [0.25, 0.3) is 5.91 Å². The summed E-state index contributed by atoms with van der Waals surface area (Å²) >= 11 is 1.61. The van der Waals surface area contributed by atoms with Crippen LogP contribution in [0.4, 0.5) is 4.79 Å². The molecule has 0 unspecified atom stereocenters. The van der Waals surface area contributed by atoms with Gasteiger partial charge in [-0.1, -0.05) is 0 Å². The van der Waals surface area contributed by atoms with Crippen molar-refractivity contribution in [2.75, 3.05) is 45.9 Å². The number of nitrogens with zero attached hydrogens (tertiary/aromatic N) is 6. The van der Waals surface area contributed by atoms with Crippen molar-refractivity contribution < 1.29 is 29.1 Å². The Kier molecular flexibility index (Phi) is 8.70. The minimum atomic E-state index is -0.425. The SMILES string of the molecule is Cc1cc(C#N)[n+](O)c(C)c1C(=O)N1CCC(C)(N2CCC(N(Cc3ccsc3)C(=O)CN3CCOC3=O)CC2)CC1. The van der Waals surface area contributed by atoms with E-state index >= 15 is 0 Å². The lowest BCUT2D eigenvalue weighted by molar-refractivity contribution is -0.910. The van der Waals surface area contributed by atoms with Gasteiger partial charge in [-0.25, -0.2) is 4.79 Å². The topological polar surface area (TPSA) is 121 Å². The number of carbonyl (C=O) groups excluding carboxylic acids is 3. The molecular weight excluding hydrogens is 556 g/mol. The molecule has 0 spiro atoms. The van der Waals surface area contributed by atoms with Crippen molar-refractivity contribution in [3.63, 3.8) is 0 Å². The number of aryl methyl sites for hydroxylation is 1. The molecule has 0 aromatic carbocycles. The third-order valence-electron chi connectivity index (χ3n) is 9.20. The number of thiophene rings is 1. The van der Waals surface area contributed by atoms with Crippen LogP contribution in [0.1, 0.15) is 65.5 Å². The standard InChI is InChI=1S/C30H39N6O5S/c1-21-16-25(17-31)36(40)22(2)27(21)28(38)32-11-7-30(3,8-12-32)34-9-4-24(5-10-34)35(18-23-6-15-42-20-23)26(37)19-33-13-14-41-29(33)39/h6,15-16,20,24,40H,4-5,7-14,18-19H2,1-3H3/q+1. The van der Waals surface area contributed by atoms with E-state index in [1.54, 1.807) is 31.3 Å². The smallest absolute Gasteiger partial charge is 0.410 e. The van der Waals surface area contributed by atoms with Crippen LogP contribution in [-0.2, 0) is 16.1 Å². The number of hydrogen-bond acceptors (Lipinski definition) is 8. The maximum atomic E-state index is 13.5. The van der Waals surface area contributed by atoms with E-state index in [9.17, 15) is 24.9 Å². The van der Waals surface area contributed by atoms with E-state index in [2.05, 4.69) is 17.2 Å². The Hall–Kier alpha value is -3.69. The van der Waals surface area contributed by atoms with Crippen LogP contribution in [0.2, 0.25) is 0 Å². The molecule has 42 heavy (non-hydrogen) atoms. The molecule has 3 aliphatic rings. The fourth-order valence-electron chi connectivity index (χ4n) is 6.52. The molecule has 11 nitrogen and oxygen atoms in total. The summed E-state index contributed by atoms with van der Waals surface area (Å²) in [7, 11) is 0. The summed E-state index contributed by atoms with van der Waals surface area (Å²) in [4.78, 5) is 46.7. The maximum absolute atomic E-state index is 13.5. The highest BCUT2D eigenvalue weighted by Gasteiger charge is 2.41. The van der Waals surface area contributed by atoms with Gasteiger partial charge in [0, 0.05) is 62.0 Å². The van der Waals surface area contributed by atoms with Crippen molar-refractivity contribution in [2.45, 2.75) is 64.6 Å². The van der Waals surface area contributed by atoms with Gasteiger partial charge < -0.3 is 14.5 Å². The van der Waals surface area contributed by atoms with Crippen LogP contribution in [0.15, 0.2) is 22.9 Å². The van der Waals surface area contributed by atoms with Gasteiger partial charge in [0.2, 0.25) is 11.6 Å². The van der Waals surface area contributed by atoms with Crippen LogP contribution in [0.3, 0.4) is 0 Å². The Labute approximate surface area is 250 Å². The number of carbonyl (C=O) groups is 3. The lowest BCUT2D eigenvalue weighted by atomic mass is 9.85. The average Bonchev–Trinajstić information content (AvgIpc) is 3.65. The molecule has 0 aliphatic carbocycles. The molecule has 2 aromatic heterocycles. The quantitative estimate of drug-likeness (QED) is 0.386. The van der Waals surface area contributed by atoms with Crippen molar-refractivity contribution in [1.82, 2.24) is 19.6 Å². The molecule has 3 aliphatic heterocycles. The first-order valence-corrected chi connectivity index (χ1v) is 15.5. The van der Waals surface area contributed by atoms with Gasteiger partial charge in [0.1, 0.15) is 18.7 Å². The normalized spacial score (nSPS) is 19.4. The molecule has 5 heterocycles. The molecule has 224 valence electrons. The zero-order valence-corrected chi connectivity index (χ0v) is 25.4. The number of nitriles is 1. The highest BCUT2D eigenvalue weighted by molar-refractivity contribution is 7.07. The Morgan fingerprint density at radius 1 is 1.21 bits per heavy atom. The molecule has 12 heteroatoms. The van der Waals surface area contributed by atoms with E-state index in [1.807, 2.05) is 27.3 Å². The predicted molar refractivity (Wildman–Crippen MR) is 154 cm³/mol. The van der Waals surface area contributed by atoms with E-state index in [4.69, 9.17) is 4.74 Å². The lowest BCUT2D eigenvalue weighted by Crippen LogP contribution is -2.58. The summed E-state index contributed by atoms with van der Waals surface area (Å²) in [6.45, 7) is 9.98. The van der Waals surface area contributed by atoms with Gasteiger partial charge in [0.05, 0.1) is 6.54 Å². The third-order valence-corrected chi connectivity index (χ3v) is 9.94. The first-order valence-electron chi connectivity index (χ1n) is 14.5. The monoisotopic (exact) mass is 595 g/mol. The van der Waals surface area contributed by atoms with Crippen LogP contribution < -0.4 is 4.73 Å². The van der Waals surface area contributed by atoms with Crippen LogP contribution >= 0.6 is 11.3 Å². The summed E-state index contributed by atoms with van der Waals surface area (Å²) < 4.78 is 5.82. The summed E-state index contributed by atoms with van der Waals surface area (Å²) in [6, 6.07) is 5.63. The van der Waals surface area contributed by atoms with Crippen LogP contribution in [0.25, 0.3) is 0 Å². The fourth-order valence-corrected chi connectivity index (χ4v) is 7.18. The van der Waals surface area contributed by atoms with Gasteiger partial charge >= 0.3 is 11.8 Å². The van der Waals surface area contributed by atoms with Crippen molar-refractivity contribution in [3.05, 3.63) is 51.0 Å². The molecule has 0 atom stereocenters. The summed E-state index contributed by atoms with van der Waals surface area (Å²) in [6.07, 6.45) is 2.92. The number of rotatable bonds is 7. The van der Waals surface area contributed by atoms with Crippen molar-refractivity contribution in [3.8, 4) is 6.07 Å². The first kappa shape index (κ1) is 29.8. The van der Waals surface area contributed by atoms with E-state index in [0.29, 0.717) is 49.6 Å². The Bertz CT molecular complexity index is 1370. The molecule has 0 saturated carbocycles. The number of aromatic nitrogens is 1. The second kappa shape index (κ2) is 12.3. The predicted octanol–water partition coefficient (Wildman–Crippen LogP) is 2.70. The van der Waals surface area contributed by atoms with Crippen molar-refractivity contribution in [2.24, 2.45) is 0 Å². The maximum Gasteiger partial charge on any atom is 0.410 e. The van der Waals surface area contributed by atoms with Gasteiger partial charge in [-0.05, 0) is 67.5 Å². The summed E-state index contributed by atoms with van der Waals surface area (Å²) in [5.41, 5.74) is 2.63. The largest absolute Gasteiger partial charge is 0.448 e. The first-order chi connectivity index (χ1) is 20.1. The van der Waals surface area contributed by atoms with Gasteiger partial charge in [-0.3, -0.25) is 24.6 Å². The molecule has 2 aromatic rings. The van der Waals surface area contributed by atoms with E-state index in [-0.39, 0.29) is 35.6 Å². The molecule has 3 saturated heterocycles. The molecule has 3 amide bonds.